The van der Waals surface area contributed by atoms with Gasteiger partial charge in [0, 0.05) is 37.5 Å². The Morgan fingerprint density at radius 1 is 1.00 bits per heavy atom. The molecule has 1 amide bonds. The van der Waals surface area contributed by atoms with Crippen LogP contribution in [-0.2, 0) is 0 Å². The van der Waals surface area contributed by atoms with E-state index in [0.717, 1.165) is 28.1 Å². The van der Waals surface area contributed by atoms with Gasteiger partial charge in [0.15, 0.2) is 5.71 Å². The zero-order chi connectivity index (χ0) is 24.9. The van der Waals surface area contributed by atoms with Gasteiger partial charge in [0.05, 0.1) is 5.56 Å². The average Bonchev–Trinajstić information content (AvgIpc) is 2.78. The Morgan fingerprint density at radius 3 is 2.29 bits per heavy atom. The van der Waals surface area contributed by atoms with Crippen molar-refractivity contribution >= 4 is 42.1 Å². The summed E-state index contributed by atoms with van der Waals surface area (Å²) in [6.45, 7) is 4.66. The van der Waals surface area contributed by atoms with E-state index >= 15 is 0 Å². The number of allylic oxidation sites excluding steroid dienone is 5. The van der Waals surface area contributed by atoms with Crippen LogP contribution in [-0.4, -0.2) is 63.5 Å². The number of carboxylic acids is 1. The zero-order valence-corrected chi connectivity index (χ0v) is 21.4. The van der Waals surface area contributed by atoms with Gasteiger partial charge in [-0.3, -0.25) is 4.79 Å². The van der Waals surface area contributed by atoms with E-state index < -0.39 is 20.0 Å². The van der Waals surface area contributed by atoms with Crippen molar-refractivity contribution < 1.29 is 19.3 Å². The summed E-state index contributed by atoms with van der Waals surface area (Å²) in [6, 6.07) is 10.9. The third kappa shape index (κ3) is 3.72. The number of anilines is 1. The fourth-order valence-corrected chi connectivity index (χ4v) is 7.83. The number of nitrogens with zero attached hydrogens (tertiary/aromatic N) is 2. The summed E-state index contributed by atoms with van der Waals surface area (Å²) in [6.07, 6.45) is 6.37. The van der Waals surface area contributed by atoms with Crippen molar-refractivity contribution in [1.82, 2.24) is 0 Å². The SMILES string of the molecule is CN(C)c1ccc2c(c1)[Si](C)(C)C1=CC(=[N+](C)C)C=CC1=C2c1cc(C(N)=O)ccc1C(=O)O. The van der Waals surface area contributed by atoms with Crippen molar-refractivity contribution in [3.8, 4) is 0 Å². The zero-order valence-electron chi connectivity index (χ0n) is 20.4. The van der Waals surface area contributed by atoms with Crippen LogP contribution < -0.4 is 15.8 Å². The van der Waals surface area contributed by atoms with Crippen LogP contribution in [0.3, 0.4) is 0 Å². The van der Waals surface area contributed by atoms with Gasteiger partial charge in [-0.05, 0) is 69.1 Å². The molecule has 1 aliphatic heterocycles. The first kappa shape index (κ1) is 23.4. The van der Waals surface area contributed by atoms with Gasteiger partial charge in [-0.2, -0.15) is 0 Å². The van der Waals surface area contributed by atoms with Crippen LogP contribution >= 0.6 is 0 Å². The molecule has 0 aromatic heterocycles. The molecule has 0 saturated heterocycles. The van der Waals surface area contributed by atoms with Crippen LogP contribution in [0.2, 0.25) is 13.1 Å². The second-order valence-electron chi connectivity index (χ2n) is 9.68. The van der Waals surface area contributed by atoms with Crippen LogP contribution in [0.4, 0.5) is 5.69 Å². The fraction of sp³-hybridized carbons (Fsp3) is 0.222. The molecule has 0 bridgehead atoms. The monoisotopic (exact) mass is 472 g/mol. The molecule has 6 nitrogen and oxygen atoms in total. The molecule has 0 saturated carbocycles. The number of benzene rings is 2. The first-order chi connectivity index (χ1) is 15.9. The highest BCUT2D eigenvalue weighted by Gasteiger charge is 2.41. The van der Waals surface area contributed by atoms with E-state index in [1.54, 1.807) is 6.07 Å². The maximum absolute atomic E-state index is 12.2. The van der Waals surface area contributed by atoms with E-state index in [0.29, 0.717) is 5.56 Å². The normalized spacial score (nSPS) is 15.9. The van der Waals surface area contributed by atoms with E-state index in [2.05, 4.69) is 59.0 Å². The van der Waals surface area contributed by atoms with Crippen molar-refractivity contribution in [2.24, 2.45) is 5.73 Å². The van der Waals surface area contributed by atoms with Gasteiger partial charge >= 0.3 is 5.97 Å². The Bertz CT molecular complexity index is 1370. The molecule has 174 valence electrons. The molecule has 2 aromatic rings. The molecule has 0 radical (unpaired) electrons. The van der Waals surface area contributed by atoms with Crippen LogP contribution in [0.25, 0.3) is 5.57 Å². The van der Waals surface area contributed by atoms with E-state index in [-0.39, 0.29) is 11.1 Å². The topological polar surface area (TPSA) is 86.6 Å². The summed E-state index contributed by atoms with van der Waals surface area (Å²) in [4.78, 5) is 26.3. The molecular weight excluding hydrogens is 442 g/mol. The molecule has 7 heteroatoms. The van der Waals surface area contributed by atoms with Crippen LogP contribution in [0.15, 0.2) is 65.4 Å². The van der Waals surface area contributed by atoms with Gasteiger partial charge in [0.2, 0.25) is 5.91 Å². The van der Waals surface area contributed by atoms with Crippen molar-refractivity contribution in [1.29, 1.82) is 0 Å². The Labute approximate surface area is 201 Å². The van der Waals surface area contributed by atoms with Gasteiger partial charge in [0.1, 0.15) is 22.2 Å². The summed E-state index contributed by atoms with van der Waals surface area (Å²) in [5.74, 6) is -1.63. The highest BCUT2D eigenvalue weighted by molar-refractivity contribution is 6.98. The van der Waals surface area contributed by atoms with E-state index in [1.807, 2.05) is 28.2 Å². The summed E-state index contributed by atoms with van der Waals surface area (Å²) in [5.41, 5.74) is 11.5. The molecule has 0 spiro atoms. The quantitative estimate of drug-likeness (QED) is 0.529. The second-order valence-corrected chi connectivity index (χ2v) is 14.0. The number of rotatable bonds is 4. The Kier molecular flexibility index (Phi) is 5.69. The largest absolute Gasteiger partial charge is 0.478 e. The van der Waals surface area contributed by atoms with E-state index in [4.69, 9.17) is 5.73 Å². The van der Waals surface area contributed by atoms with Crippen molar-refractivity contribution in [2.75, 3.05) is 33.1 Å². The third-order valence-electron chi connectivity index (χ3n) is 6.73. The standard InChI is InChI=1S/C27H29N3O3Si/c1-29(2)17-8-11-20-23(14-17)34(5,6)24-15-18(30(3)4)9-12-21(24)25(20)22-13-16(26(28)31)7-10-19(22)27(32)33/h7-15H,1-6H3,(H2-,28,31,32,33)/p+1. The number of aromatic carboxylic acids is 1. The van der Waals surface area contributed by atoms with Gasteiger partial charge in [-0.15, -0.1) is 0 Å². The molecule has 1 aliphatic carbocycles. The minimum atomic E-state index is -2.15. The molecule has 0 fully saturated rings. The third-order valence-corrected chi connectivity index (χ3v) is 10.2. The molecule has 1 heterocycles. The highest BCUT2D eigenvalue weighted by atomic mass is 28.3. The maximum atomic E-state index is 12.2. The number of hydrogen-bond acceptors (Lipinski definition) is 3. The summed E-state index contributed by atoms with van der Waals surface area (Å²) >= 11 is 0. The van der Waals surface area contributed by atoms with Gasteiger partial charge < -0.3 is 15.7 Å². The molecule has 0 atom stereocenters. The molecule has 34 heavy (non-hydrogen) atoms. The van der Waals surface area contributed by atoms with Crippen molar-refractivity contribution in [2.45, 2.75) is 13.1 Å². The molecule has 3 N–H and O–H groups in total. The number of amides is 1. The summed E-state index contributed by atoms with van der Waals surface area (Å²) < 4.78 is 2.08. The number of fused-ring (bicyclic) bond motifs is 2. The maximum Gasteiger partial charge on any atom is 0.336 e. The average molecular weight is 473 g/mol. The van der Waals surface area contributed by atoms with Gasteiger partial charge in [-0.25, -0.2) is 9.37 Å². The Balaban J connectivity index is 2.17. The highest BCUT2D eigenvalue weighted by Crippen LogP contribution is 2.42. The lowest BCUT2D eigenvalue weighted by molar-refractivity contribution is -0.462. The van der Waals surface area contributed by atoms with Gasteiger partial charge in [0.25, 0.3) is 0 Å². The van der Waals surface area contributed by atoms with Crippen LogP contribution in [0, 0.1) is 0 Å². The lowest BCUT2D eigenvalue weighted by Gasteiger charge is -2.38. The number of hydrogen-bond donors (Lipinski definition) is 2. The first-order valence-electron chi connectivity index (χ1n) is 11.1. The molecule has 0 unspecified atom stereocenters. The van der Waals surface area contributed by atoms with Crippen molar-refractivity contribution in [3.05, 3.63) is 87.6 Å². The van der Waals surface area contributed by atoms with Crippen LogP contribution in [0.1, 0.15) is 31.8 Å². The smallest absolute Gasteiger partial charge is 0.336 e. The van der Waals surface area contributed by atoms with E-state index in [9.17, 15) is 14.7 Å². The molecule has 4 rings (SSSR count). The lowest BCUT2D eigenvalue weighted by atomic mass is 9.86. The minimum absolute atomic E-state index is 0.145. The number of nitrogens with two attached hydrogens (primary N) is 1. The van der Waals surface area contributed by atoms with Gasteiger partial charge in [-0.1, -0.05) is 19.2 Å². The minimum Gasteiger partial charge on any atom is -0.478 e. The van der Waals surface area contributed by atoms with E-state index in [1.165, 1.54) is 22.5 Å². The summed E-state index contributed by atoms with van der Waals surface area (Å²) in [5, 5.41) is 12.5. The number of carbonyl (C=O) groups is 2. The molecule has 2 aliphatic rings. The number of carbonyl (C=O) groups excluding carboxylic acids is 1. The fourth-order valence-electron chi connectivity index (χ4n) is 4.76. The Morgan fingerprint density at radius 2 is 1.71 bits per heavy atom. The number of primary amides is 1. The molecular formula is C27H30N3O3Si+. The lowest BCUT2D eigenvalue weighted by Crippen LogP contribution is -2.49. The Hall–Kier alpha value is -3.71. The van der Waals surface area contributed by atoms with Crippen molar-refractivity contribution in [3.63, 3.8) is 0 Å². The molecule has 2 aromatic carbocycles. The summed E-state index contributed by atoms with van der Waals surface area (Å²) in [7, 11) is 5.90. The van der Waals surface area contributed by atoms with Crippen LogP contribution in [0.5, 0.6) is 0 Å². The predicted molar refractivity (Wildman–Crippen MR) is 140 cm³/mol. The number of carboxylic acid groups (broad SMARTS) is 1. The predicted octanol–water partition coefficient (Wildman–Crippen LogP) is 3.03. The first-order valence-corrected chi connectivity index (χ1v) is 14.1. The second kappa shape index (κ2) is 8.25.